The third-order valence-electron chi connectivity index (χ3n) is 4.57. The molecule has 5 rings (SSSR count). The SMILES string of the molecule is O=C(N[C@@H]1CN2CCC1CC2)c1noc2ccccc12. The minimum absolute atomic E-state index is 0.117. The number of para-hydroxylation sites is 1. The van der Waals surface area contributed by atoms with E-state index in [1.54, 1.807) is 0 Å². The fraction of sp³-hybridized carbons (Fsp3) is 0.467. The van der Waals surface area contributed by atoms with E-state index < -0.39 is 0 Å². The molecule has 3 fully saturated rings. The number of hydrogen-bond acceptors (Lipinski definition) is 4. The number of piperidine rings is 3. The summed E-state index contributed by atoms with van der Waals surface area (Å²) in [5, 5.41) is 7.85. The van der Waals surface area contributed by atoms with Crippen molar-refractivity contribution < 1.29 is 9.32 Å². The molecule has 1 aromatic heterocycles. The molecule has 104 valence electrons. The van der Waals surface area contributed by atoms with Crippen LogP contribution in [0.1, 0.15) is 23.3 Å². The van der Waals surface area contributed by atoms with E-state index in [1.807, 2.05) is 24.3 Å². The number of fused-ring (bicyclic) bond motifs is 4. The summed E-state index contributed by atoms with van der Waals surface area (Å²) in [6.07, 6.45) is 2.37. The summed E-state index contributed by atoms with van der Waals surface area (Å²) in [5.74, 6) is 0.496. The van der Waals surface area contributed by atoms with Gasteiger partial charge in [0.2, 0.25) is 0 Å². The van der Waals surface area contributed by atoms with Crippen molar-refractivity contribution >= 4 is 16.9 Å². The molecule has 2 aromatic rings. The van der Waals surface area contributed by atoms with Crippen LogP contribution < -0.4 is 5.32 Å². The van der Waals surface area contributed by atoms with Gasteiger partial charge in [-0.2, -0.15) is 0 Å². The number of hydrogen-bond donors (Lipinski definition) is 1. The maximum absolute atomic E-state index is 12.4. The fourth-order valence-electron chi connectivity index (χ4n) is 3.41. The van der Waals surface area contributed by atoms with Crippen LogP contribution in [0.2, 0.25) is 0 Å². The van der Waals surface area contributed by atoms with Gasteiger partial charge in [-0.25, -0.2) is 0 Å². The second kappa shape index (κ2) is 4.59. The quantitative estimate of drug-likeness (QED) is 0.902. The predicted octanol–water partition coefficient (Wildman–Crippen LogP) is 1.65. The number of benzene rings is 1. The average molecular weight is 271 g/mol. The van der Waals surface area contributed by atoms with Crippen LogP contribution in [0.5, 0.6) is 0 Å². The first-order valence-corrected chi connectivity index (χ1v) is 7.19. The Morgan fingerprint density at radius 1 is 1.30 bits per heavy atom. The van der Waals surface area contributed by atoms with Gasteiger partial charge in [-0.3, -0.25) is 4.79 Å². The smallest absolute Gasteiger partial charge is 0.274 e. The first-order valence-electron chi connectivity index (χ1n) is 7.19. The summed E-state index contributed by atoms with van der Waals surface area (Å²) in [4.78, 5) is 14.8. The molecule has 3 aliphatic heterocycles. The van der Waals surface area contributed by atoms with Gasteiger partial charge in [0.25, 0.3) is 5.91 Å². The highest BCUT2D eigenvalue weighted by Crippen LogP contribution is 2.28. The lowest BCUT2D eigenvalue weighted by atomic mass is 9.84. The third kappa shape index (κ3) is 1.89. The lowest BCUT2D eigenvalue weighted by Gasteiger charge is -2.44. The first kappa shape index (κ1) is 11.9. The Balaban J connectivity index is 1.56. The van der Waals surface area contributed by atoms with Crippen LogP contribution in [-0.4, -0.2) is 41.6 Å². The Hall–Kier alpha value is -1.88. The van der Waals surface area contributed by atoms with E-state index in [0.29, 0.717) is 17.2 Å². The van der Waals surface area contributed by atoms with E-state index in [4.69, 9.17) is 4.52 Å². The van der Waals surface area contributed by atoms with Crippen molar-refractivity contribution in [1.29, 1.82) is 0 Å². The highest BCUT2D eigenvalue weighted by Gasteiger charge is 2.35. The molecule has 20 heavy (non-hydrogen) atoms. The molecular formula is C15H17N3O2. The van der Waals surface area contributed by atoms with Crippen molar-refractivity contribution in [3.05, 3.63) is 30.0 Å². The van der Waals surface area contributed by atoms with Crippen LogP contribution in [0.15, 0.2) is 28.8 Å². The molecule has 3 aliphatic rings. The first-order chi connectivity index (χ1) is 9.81. The zero-order valence-corrected chi connectivity index (χ0v) is 11.2. The molecule has 2 bridgehead atoms. The van der Waals surface area contributed by atoms with E-state index >= 15 is 0 Å². The van der Waals surface area contributed by atoms with Crippen molar-refractivity contribution in [3.63, 3.8) is 0 Å². The predicted molar refractivity (Wildman–Crippen MR) is 74.4 cm³/mol. The van der Waals surface area contributed by atoms with Gasteiger partial charge in [0.15, 0.2) is 11.3 Å². The van der Waals surface area contributed by atoms with E-state index in [1.165, 1.54) is 25.9 Å². The Bertz CT molecular complexity index is 643. The van der Waals surface area contributed by atoms with Crippen molar-refractivity contribution in [1.82, 2.24) is 15.4 Å². The molecular weight excluding hydrogens is 254 g/mol. The van der Waals surface area contributed by atoms with Gasteiger partial charge >= 0.3 is 0 Å². The molecule has 0 saturated carbocycles. The molecule has 1 amide bonds. The number of nitrogens with one attached hydrogen (secondary N) is 1. The van der Waals surface area contributed by atoms with E-state index in [-0.39, 0.29) is 11.9 Å². The maximum Gasteiger partial charge on any atom is 0.274 e. The monoisotopic (exact) mass is 271 g/mol. The Morgan fingerprint density at radius 3 is 2.85 bits per heavy atom. The number of carbonyl (C=O) groups excluding carboxylic acids is 1. The molecule has 1 aromatic carbocycles. The number of nitrogens with zero attached hydrogens (tertiary/aromatic N) is 2. The van der Waals surface area contributed by atoms with Gasteiger partial charge in [0.1, 0.15) is 0 Å². The van der Waals surface area contributed by atoms with Gasteiger partial charge in [0.05, 0.1) is 5.39 Å². The molecule has 0 spiro atoms. The third-order valence-corrected chi connectivity index (χ3v) is 4.57. The molecule has 4 heterocycles. The molecule has 0 aliphatic carbocycles. The molecule has 0 radical (unpaired) electrons. The summed E-state index contributed by atoms with van der Waals surface area (Å²) in [6, 6.07) is 7.72. The fourth-order valence-corrected chi connectivity index (χ4v) is 3.41. The number of aromatic nitrogens is 1. The van der Waals surface area contributed by atoms with E-state index in [2.05, 4.69) is 15.4 Å². The van der Waals surface area contributed by atoms with Crippen molar-refractivity contribution in [2.24, 2.45) is 5.92 Å². The van der Waals surface area contributed by atoms with Gasteiger partial charge in [-0.1, -0.05) is 17.3 Å². The zero-order chi connectivity index (χ0) is 13.5. The highest BCUT2D eigenvalue weighted by molar-refractivity contribution is 6.04. The lowest BCUT2D eigenvalue weighted by Crippen LogP contribution is -2.57. The second-order valence-corrected chi connectivity index (χ2v) is 5.75. The van der Waals surface area contributed by atoms with Crippen LogP contribution >= 0.6 is 0 Å². The standard InChI is InChI=1S/C15H17N3O2/c19-15(14-11-3-1-2-4-13(11)20-17-14)16-12-9-18-7-5-10(12)6-8-18/h1-4,10,12H,5-9H2,(H,16,19)/t12-/m1/s1. The van der Waals surface area contributed by atoms with Crippen molar-refractivity contribution in [3.8, 4) is 0 Å². The molecule has 1 atom stereocenters. The topological polar surface area (TPSA) is 58.4 Å². The minimum Gasteiger partial charge on any atom is -0.355 e. The van der Waals surface area contributed by atoms with E-state index in [0.717, 1.165) is 11.9 Å². The molecule has 3 saturated heterocycles. The van der Waals surface area contributed by atoms with Crippen molar-refractivity contribution in [2.45, 2.75) is 18.9 Å². The second-order valence-electron chi connectivity index (χ2n) is 5.75. The van der Waals surface area contributed by atoms with Gasteiger partial charge < -0.3 is 14.7 Å². The van der Waals surface area contributed by atoms with Gasteiger partial charge in [0, 0.05) is 12.6 Å². The van der Waals surface area contributed by atoms with Crippen molar-refractivity contribution in [2.75, 3.05) is 19.6 Å². The molecule has 1 N–H and O–H groups in total. The summed E-state index contributed by atoms with van der Waals surface area (Å²) < 4.78 is 5.20. The number of rotatable bonds is 2. The zero-order valence-electron chi connectivity index (χ0n) is 11.2. The lowest BCUT2D eigenvalue weighted by molar-refractivity contribution is 0.0616. The number of carbonyl (C=O) groups is 1. The Labute approximate surface area is 116 Å². The Kier molecular flexibility index (Phi) is 2.73. The molecule has 5 nitrogen and oxygen atoms in total. The van der Waals surface area contributed by atoms with Crippen LogP contribution in [0.4, 0.5) is 0 Å². The van der Waals surface area contributed by atoms with Crippen LogP contribution in [-0.2, 0) is 0 Å². The maximum atomic E-state index is 12.4. The minimum atomic E-state index is -0.117. The summed E-state index contributed by atoms with van der Waals surface area (Å²) in [7, 11) is 0. The van der Waals surface area contributed by atoms with Crippen LogP contribution in [0.3, 0.4) is 0 Å². The summed E-state index contributed by atoms with van der Waals surface area (Å²) in [5.41, 5.74) is 1.06. The van der Waals surface area contributed by atoms with E-state index in [9.17, 15) is 4.79 Å². The molecule has 0 unspecified atom stereocenters. The summed E-state index contributed by atoms with van der Waals surface area (Å²) >= 11 is 0. The highest BCUT2D eigenvalue weighted by atomic mass is 16.5. The normalized spacial score (nSPS) is 28.7. The van der Waals surface area contributed by atoms with Gasteiger partial charge in [-0.15, -0.1) is 0 Å². The largest absolute Gasteiger partial charge is 0.355 e. The summed E-state index contributed by atoms with van der Waals surface area (Å²) in [6.45, 7) is 3.31. The average Bonchev–Trinajstić information content (AvgIpc) is 2.92. The number of amides is 1. The van der Waals surface area contributed by atoms with Crippen LogP contribution in [0, 0.1) is 5.92 Å². The van der Waals surface area contributed by atoms with Gasteiger partial charge in [-0.05, 0) is 44.0 Å². The molecule has 5 heteroatoms. The Morgan fingerprint density at radius 2 is 2.10 bits per heavy atom. The van der Waals surface area contributed by atoms with Crippen LogP contribution in [0.25, 0.3) is 11.0 Å².